The van der Waals surface area contributed by atoms with Crippen molar-refractivity contribution in [3.63, 3.8) is 0 Å². The molecule has 1 aliphatic rings. The number of nitrogens with one attached hydrogen (secondary N) is 1. The minimum Gasteiger partial charge on any atom is -0.481 e. The molecule has 3 rings (SSSR count). The van der Waals surface area contributed by atoms with Crippen LogP contribution in [0.3, 0.4) is 0 Å². The average molecular weight is 366 g/mol. The maximum absolute atomic E-state index is 12.5. The van der Waals surface area contributed by atoms with E-state index in [1.807, 2.05) is 12.1 Å². The Kier molecular flexibility index (Phi) is 4.99. The second-order valence-corrected chi connectivity index (χ2v) is 6.99. The fourth-order valence-corrected chi connectivity index (χ4v) is 3.44. The van der Waals surface area contributed by atoms with E-state index in [0.717, 1.165) is 17.7 Å². The summed E-state index contributed by atoms with van der Waals surface area (Å²) in [4.78, 5) is 37.7. The summed E-state index contributed by atoms with van der Waals surface area (Å²) in [6.07, 6.45) is 0.554. The van der Waals surface area contributed by atoms with Crippen LogP contribution in [-0.2, 0) is 26.2 Å². The Labute approximate surface area is 157 Å². The van der Waals surface area contributed by atoms with Crippen molar-refractivity contribution in [3.8, 4) is 0 Å². The molecule has 6 heteroatoms. The van der Waals surface area contributed by atoms with Crippen molar-refractivity contribution in [2.45, 2.75) is 32.1 Å². The van der Waals surface area contributed by atoms with Gasteiger partial charge in [0.25, 0.3) is 0 Å². The van der Waals surface area contributed by atoms with Crippen LogP contribution in [0.2, 0.25) is 0 Å². The number of nitrogens with zero attached hydrogens (tertiary/aromatic N) is 1. The number of rotatable bonds is 5. The fraction of sp³-hybridized carbons (Fsp3) is 0.286. The smallest absolute Gasteiger partial charge is 0.314 e. The maximum Gasteiger partial charge on any atom is 0.314 e. The van der Waals surface area contributed by atoms with Crippen LogP contribution in [0.25, 0.3) is 0 Å². The number of hydrogen-bond donors (Lipinski definition) is 2. The van der Waals surface area contributed by atoms with Gasteiger partial charge in [0.15, 0.2) is 0 Å². The molecule has 1 heterocycles. The summed E-state index contributed by atoms with van der Waals surface area (Å²) in [6.45, 7) is 3.71. The number of fused-ring (bicyclic) bond motifs is 1. The number of hydrogen-bond acceptors (Lipinski definition) is 3. The Bertz CT molecular complexity index is 894. The van der Waals surface area contributed by atoms with Gasteiger partial charge in [0, 0.05) is 31.3 Å². The van der Waals surface area contributed by atoms with Gasteiger partial charge in [-0.25, -0.2) is 0 Å². The third-order valence-corrected chi connectivity index (χ3v) is 5.04. The standard InChI is InChI=1S/C21H22N2O4/c1-14(24)23-11-10-15-12-17(8-9-18(15)23)22-19(25)13-21(2,20(26)27)16-6-4-3-5-7-16/h3-9,12H,10-11,13H2,1-2H3,(H,22,25)(H,26,27). The summed E-state index contributed by atoms with van der Waals surface area (Å²) < 4.78 is 0. The van der Waals surface area contributed by atoms with Crippen molar-refractivity contribution in [1.82, 2.24) is 0 Å². The molecular weight excluding hydrogens is 344 g/mol. The zero-order valence-electron chi connectivity index (χ0n) is 15.4. The summed E-state index contributed by atoms with van der Waals surface area (Å²) in [6, 6.07) is 14.1. The highest BCUT2D eigenvalue weighted by Gasteiger charge is 2.37. The van der Waals surface area contributed by atoms with Gasteiger partial charge < -0.3 is 15.3 Å². The number of carboxylic acid groups (broad SMARTS) is 1. The molecular formula is C21H22N2O4. The van der Waals surface area contributed by atoms with Gasteiger partial charge in [-0.05, 0) is 42.7 Å². The molecule has 0 bridgehead atoms. The number of amides is 2. The first-order chi connectivity index (χ1) is 12.8. The van der Waals surface area contributed by atoms with Crippen molar-refractivity contribution >= 4 is 29.2 Å². The summed E-state index contributed by atoms with van der Waals surface area (Å²) in [5.41, 5.74) is 1.73. The van der Waals surface area contributed by atoms with Crippen LogP contribution in [-0.4, -0.2) is 29.4 Å². The van der Waals surface area contributed by atoms with Crippen molar-refractivity contribution in [1.29, 1.82) is 0 Å². The lowest BCUT2D eigenvalue weighted by Crippen LogP contribution is -2.36. The van der Waals surface area contributed by atoms with Crippen molar-refractivity contribution in [2.75, 3.05) is 16.8 Å². The van der Waals surface area contributed by atoms with Crippen LogP contribution >= 0.6 is 0 Å². The molecule has 1 unspecified atom stereocenters. The molecule has 0 aromatic heterocycles. The number of carbonyl (C=O) groups excluding carboxylic acids is 2. The third-order valence-electron chi connectivity index (χ3n) is 5.04. The van der Waals surface area contributed by atoms with Crippen LogP contribution in [0.1, 0.15) is 31.4 Å². The Hall–Kier alpha value is -3.15. The predicted octanol–water partition coefficient (Wildman–Crippen LogP) is 2.97. The van der Waals surface area contributed by atoms with Crippen molar-refractivity contribution in [3.05, 3.63) is 59.7 Å². The number of carbonyl (C=O) groups is 3. The first-order valence-corrected chi connectivity index (χ1v) is 8.81. The molecule has 0 saturated heterocycles. The molecule has 1 aliphatic heterocycles. The van der Waals surface area contributed by atoms with Gasteiger partial charge in [-0.1, -0.05) is 30.3 Å². The molecule has 2 aromatic carbocycles. The lowest BCUT2D eigenvalue weighted by molar-refractivity contribution is -0.145. The summed E-state index contributed by atoms with van der Waals surface area (Å²) in [5.74, 6) is -1.43. The van der Waals surface area contributed by atoms with E-state index in [9.17, 15) is 19.5 Å². The summed E-state index contributed by atoms with van der Waals surface area (Å²) in [5, 5.41) is 12.5. The molecule has 140 valence electrons. The van der Waals surface area contributed by atoms with E-state index >= 15 is 0 Å². The zero-order valence-corrected chi connectivity index (χ0v) is 15.4. The normalized spacial score (nSPS) is 15.0. The van der Waals surface area contributed by atoms with Gasteiger partial charge in [-0.15, -0.1) is 0 Å². The second-order valence-electron chi connectivity index (χ2n) is 6.99. The molecule has 0 aliphatic carbocycles. The van der Waals surface area contributed by atoms with Crippen molar-refractivity contribution in [2.24, 2.45) is 0 Å². The van der Waals surface area contributed by atoms with Gasteiger partial charge >= 0.3 is 5.97 Å². The van der Waals surface area contributed by atoms with E-state index in [1.54, 1.807) is 48.2 Å². The molecule has 0 fully saturated rings. The number of anilines is 2. The van der Waals surface area contributed by atoms with Gasteiger partial charge in [-0.2, -0.15) is 0 Å². The van der Waals surface area contributed by atoms with E-state index in [1.165, 1.54) is 6.92 Å². The highest BCUT2D eigenvalue weighted by molar-refractivity contribution is 5.98. The molecule has 6 nitrogen and oxygen atoms in total. The summed E-state index contributed by atoms with van der Waals surface area (Å²) >= 11 is 0. The second kappa shape index (κ2) is 7.23. The minimum atomic E-state index is -1.31. The van der Waals surface area contributed by atoms with E-state index in [2.05, 4.69) is 5.32 Å². The zero-order chi connectivity index (χ0) is 19.6. The molecule has 0 radical (unpaired) electrons. The van der Waals surface area contributed by atoms with Gasteiger partial charge in [-0.3, -0.25) is 14.4 Å². The van der Waals surface area contributed by atoms with Gasteiger partial charge in [0.1, 0.15) is 0 Å². The largest absolute Gasteiger partial charge is 0.481 e. The van der Waals surface area contributed by atoms with Crippen LogP contribution in [0.15, 0.2) is 48.5 Å². The maximum atomic E-state index is 12.5. The molecule has 2 amide bonds. The predicted molar refractivity (Wildman–Crippen MR) is 103 cm³/mol. The Morgan fingerprint density at radius 3 is 2.48 bits per heavy atom. The number of benzene rings is 2. The van der Waals surface area contributed by atoms with E-state index < -0.39 is 11.4 Å². The first kappa shape index (κ1) is 18.6. The van der Waals surface area contributed by atoms with Crippen molar-refractivity contribution < 1.29 is 19.5 Å². The van der Waals surface area contributed by atoms with E-state index in [4.69, 9.17) is 0 Å². The highest BCUT2D eigenvalue weighted by atomic mass is 16.4. The molecule has 2 N–H and O–H groups in total. The lowest BCUT2D eigenvalue weighted by Gasteiger charge is -2.24. The Morgan fingerprint density at radius 2 is 1.85 bits per heavy atom. The molecule has 0 saturated carbocycles. The molecule has 2 aromatic rings. The third kappa shape index (κ3) is 3.69. The van der Waals surface area contributed by atoms with Crippen LogP contribution in [0.4, 0.5) is 11.4 Å². The van der Waals surface area contributed by atoms with E-state index in [-0.39, 0.29) is 18.2 Å². The lowest BCUT2D eigenvalue weighted by atomic mass is 9.79. The molecule has 1 atom stereocenters. The first-order valence-electron chi connectivity index (χ1n) is 8.81. The number of carboxylic acids is 1. The van der Waals surface area contributed by atoms with Gasteiger partial charge in [0.2, 0.25) is 11.8 Å². The molecule has 0 spiro atoms. The fourth-order valence-electron chi connectivity index (χ4n) is 3.44. The van der Waals surface area contributed by atoms with Crippen LogP contribution in [0, 0.1) is 0 Å². The van der Waals surface area contributed by atoms with Crippen LogP contribution < -0.4 is 10.2 Å². The topological polar surface area (TPSA) is 86.7 Å². The number of aliphatic carboxylic acids is 1. The highest BCUT2D eigenvalue weighted by Crippen LogP contribution is 2.32. The Balaban J connectivity index is 1.76. The monoisotopic (exact) mass is 366 g/mol. The van der Waals surface area contributed by atoms with Crippen LogP contribution in [0.5, 0.6) is 0 Å². The van der Waals surface area contributed by atoms with Gasteiger partial charge in [0.05, 0.1) is 5.41 Å². The summed E-state index contributed by atoms with van der Waals surface area (Å²) in [7, 11) is 0. The average Bonchev–Trinajstić information content (AvgIpc) is 3.05. The molecule has 27 heavy (non-hydrogen) atoms. The SMILES string of the molecule is CC(=O)N1CCc2cc(NC(=O)CC(C)(C(=O)O)c3ccccc3)ccc21. The van der Waals surface area contributed by atoms with E-state index in [0.29, 0.717) is 17.8 Å². The quantitative estimate of drug-likeness (QED) is 0.852. The minimum absolute atomic E-state index is 0.00868. The Morgan fingerprint density at radius 1 is 1.15 bits per heavy atom.